The number of carboxylic acid groups (broad SMARTS) is 1. The molecule has 0 atom stereocenters. The zero-order chi connectivity index (χ0) is 20.3. The molecule has 1 saturated heterocycles. The molecule has 1 fully saturated rings. The van der Waals surface area contributed by atoms with Crippen molar-refractivity contribution >= 4 is 40.7 Å². The van der Waals surface area contributed by atoms with E-state index in [1.807, 2.05) is 11.9 Å². The molecule has 0 saturated carbocycles. The number of carbonyl (C=O) groups is 1. The first-order valence-electron chi connectivity index (χ1n) is 8.53. The van der Waals surface area contributed by atoms with Gasteiger partial charge in [0.1, 0.15) is 11.7 Å². The van der Waals surface area contributed by atoms with Crippen LogP contribution in [0.3, 0.4) is 0 Å². The van der Waals surface area contributed by atoms with Gasteiger partial charge in [-0.15, -0.1) is 0 Å². The average Bonchev–Trinajstić information content (AvgIpc) is 2.65. The van der Waals surface area contributed by atoms with Crippen LogP contribution in [0.1, 0.15) is 12.8 Å². The van der Waals surface area contributed by atoms with E-state index in [4.69, 9.17) is 11.6 Å². The Hall–Kier alpha value is -2.98. The maximum atomic E-state index is 12.0. The first-order valence-corrected chi connectivity index (χ1v) is 8.91. The van der Waals surface area contributed by atoms with Crippen molar-refractivity contribution in [3.05, 3.63) is 45.6 Å². The number of benzene rings is 1. The SMILES string of the molecule is CN1CCC(Nc2nc(Nc3ccc(Cl)cc3)ncc2[N+](=O)[O-])(C(=O)O)CC1. The number of nitrogens with zero attached hydrogens (tertiary/aromatic N) is 4. The summed E-state index contributed by atoms with van der Waals surface area (Å²) in [5, 5.41) is 27.5. The molecule has 1 aliphatic heterocycles. The molecule has 2 aromatic rings. The quantitative estimate of drug-likeness (QED) is 0.488. The van der Waals surface area contributed by atoms with Crippen molar-refractivity contribution in [2.24, 2.45) is 0 Å². The van der Waals surface area contributed by atoms with Crippen molar-refractivity contribution in [3.63, 3.8) is 0 Å². The van der Waals surface area contributed by atoms with Gasteiger partial charge in [0.05, 0.1) is 4.92 Å². The topological polar surface area (TPSA) is 134 Å². The molecule has 3 rings (SSSR count). The highest BCUT2D eigenvalue weighted by atomic mass is 35.5. The van der Waals surface area contributed by atoms with E-state index in [9.17, 15) is 20.0 Å². The summed E-state index contributed by atoms with van der Waals surface area (Å²) in [7, 11) is 1.90. The molecular weight excluding hydrogens is 388 g/mol. The molecule has 0 unspecified atom stereocenters. The number of carboxylic acids is 1. The summed E-state index contributed by atoms with van der Waals surface area (Å²) in [5.41, 5.74) is -1.08. The number of anilines is 3. The second-order valence-electron chi connectivity index (χ2n) is 6.63. The molecule has 1 aliphatic rings. The van der Waals surface area contributed by atoms with Gasteiger partial charge in [-0.1, -0.05) is 11.6 Å². The summed E-state index contributed by atoms with van der Waals surface area (Å²) >= 11 is 5.86. The van der Waals surface area contributed by atoms with E-state index in [0.29, 0.717) is 36.6 Å². The van der Waals surface area contributed by atoms with Gasteiger partial charge in [-0.05, 0) is 44.2 Å². The minimum atomic E-state index is -1.33. The maximum absolute atomic E-state index is 12.0. The van der Waals surface area contributed by atoms with E-state index in [1.54, 1.807) is 24.3 Å². The number of likely N-dealkylation sites (tertiary alicyclic amines) is 1. The third-order valence-electron chi connectivity index (χ3n) is 4.67. The zero-order valence-electron chi connectivity index (χ0n) is 15.1. The Morgan fingerprint density at radius 2 is 1.96 bits per heavy atom. The number of piperidine rings is 1. The number of hydrogen-bond donors (Lipinski definition) is 3. The lowest BCUT2D eigenvalue weighted by atomic mass is 9.87. The van der Waals surface area contributed by atoms with Gasteiger partial charge < -0.3 is 20.6 Å². The lowest BCUT2D eigenvalue weighted by molar-refractivity contribution is -0.384. The predicted octanol–water partition coefficient (Wildman–Crippen LogP) is 2.74. The summed E-state index contributed by atoms with van der Waals surface area (Å²) in [4.78, 5) is 32.8. The highest BCUT2D eigenvalue weighted by Crippen LogP contribution is 2.31. The summed E-state index contributed by atoms with van der Waals surface area (Å²) in [5.74, 6) is -1.10. The van der Waals surface area contributed by atoms with Crippen LogP contribution >= 0.6 is 11.6 Å². The summed E-state index contributed by atoms with van der Waals surface area (Å²) in [6, 6.07) is 6.75. The molecule has 0 bridgehead atoms. The van der Waals surface area contributed by atoms with E-state index in [1.165, 1.54) is 0 Å². The van der Waals surface area contributed by atoms with Gasteiger partial charge in [-0.3, -0.25) is 10.1 Å². The van der Waals surface area contributed by atoms with Crippen molar-refractivity contribution in [2.45, 2.75) is 18.4 Å². The van der Waals surface area contributed by atoms with E-state index < -0.39 is 16.4 Å². The van der Waals surface area contributed by atoms with Crippen molar-refractivity contribution in [2.75, 3.05) is 30.8 Å². The van der Waals surface area contributed by atoms with Crippen LogP contribution in [-0.2, 0) is 4.79 Å². The zero-order valence-corrected chi connectivity index (χ0v) is 15.8. The Labute approximate surface area is 165 Å². The Kier molecular flexibility index (Phi) is 5.61. The fraction of sp³-hybridized carbons (Fsp3) is 0.353. The van der Waals surface area contributed by atoms with E-state index in [0.717, 1.165) is 6.20 Å². The molecule has 28 heavy (non-hydrogen) atoms. The number of aromatic nitrogens is 2. The molecule has 11 heteroatoms. The fourth-order valence-corrected chi connectivity index (χ4v) is 3.07. The smallest absolute Gasteiger partial charge is 0.329 e. The largest absolute Gasteiger partial charge is 0.480 e. The van der Waals surface area contributed by atoms with E-state index >= 15 is 0 Å². The van der Waals surface area contributed by atoms with Gasteiger partial charge in [-0.2, -0.15) is 4.98 Å². The minimum absolute atomic E-state index is 0.101. The van der Waals surface area contributed by atoms with Gasteiger partial charge in [0, 0.05) is 23.8 Å². The first kappa shape index (κ1) is 19.8. The summed E-state index contributed by atoms with van der Waals surface area (Å²) in [6.45, 7) is 1.10. The molecular formula is C17H19ClN6O4. The molecule has 1 aromatic heterocycles. The number of nitro groups is 1. The molecule has 0 radical (unpaired) electrons. The highest BCUT2D eigenvalue weighted by molar-refractivity contribution is 6.30. The number of aliphatic carboxylic acids is 1. The van der Waals surface area contributed by atoms with Crippen LogP contribution in [0.25, 0.3) is 0 Å². The molecule has 1 aromatic carbocycles. The van der Waals surface area contributed by atoms with Crippen LogP contribution in [-0.4, -0.2) is 56.5 Å². The average molecular weight is 407 g/mol. The molecule has 0 spiro atoms. The normalized spacial score (nSPS) is 16.4. The van der Waals surface area contributed by atoms with Gasteiger partial charge >= 0.3 is 11.7 Å². The third-order valence-corrected chi connectivity index (χ3v) is 4.93. The monoisotopic (exact) mass is 406 g/mol. The molecule has 0 amide bonds. The Bertz CT molecular complexity index is 884. The van der Waals surface area contributed by atoms with Crippen LogP contribution in [0.5, 0.6) is 0 Å². The van der Waals surface area contributed by atoms with Gasteiger partial charge in [0.15, 0.2) is 0 Å². The second kappa shape index (κ2) is 7.95. The fourth-order valence-electron chi connectivity index (χ4n) is 2.94. The molecule has 2 heterocycles. The van der Waals surface area contributed by atoms with Crippen LogP contribution in [0.2, 0.25) is 5.02 Å². The van der Waals surface area contributed by atoms with Crippen molar-refractivity contribution in [1.82, 2.24) is 14.9 Å². The Balaban J connectivity index is 1.92. The summed E-state index contributed by atoms with van der Waals surface area (Å²) < 4.78 is 0. The molecule has 0 aliphatic carbocycles. The van der Waals surface area contributed by atoms with Crippen LogP contribution in [0, 0.1) is 10.1 Å². The number of nitrogens with one attached hydrogen (secondary N) is 2. The number of hydrogen-bond acceptors (Lipinski definition) is 8. The van der Waals surface area contributed by atoms with E-state index in [2.05, 4.69) is 20.6 Å². The van der Waals surface area contributed by atoms with Crippen LogP contribution in [0.4, 0.5) is 23.1 Å². The highest BCUT2D eigenvalue weighted by Gasteiger charge is 2.42. The van der Waals surface area contributed by atoms with Crippen molar-refractivity contribution in [3.8, 4) is 0 Å². The lowest BCUT2D eigenvalue weighted by Crippen LogP contribution is -2.54. The predicted molar refractivity (Wildman–Crippen MR) is 104 cm³/mol. The lowest BCUT2D eigenvalue weighted by Gasteiger charge is -2.38. The molecule has 148 valence electrons. The third kappa shape index (κ3) is 4.29. The Morgan fingerprint density at radius 1 is 1.32 bits per heavy atom. The van der Waals surface area contributed by atoms with Gasteiger partial charge in [-0.25, -0.2) is 9.78 Å². The molecule has 3 N–H and O–H groups in total. The molecule has 10 nitrogen and oxygen atoms in total. The second-order valence-corrected chi connectivity index (χ2v) is 7.07. The summed E-state index contributed by atoms with van der Waals surface area (Å²) in [6.07, 6.45) is 1.64. The minimum Gasteiger partial charge on any atom is -0.480 e. The van der Waals surface area contributed by atoms with Crippen LogP contribution < -0.4 is 10.6 Å². The number of halogens is 1. The van der Waals surface area contributed by atoms with E-state index in [-0.39, 0.29) is 17.5 Å². The Morgan fingerprint density at radius 3 is 2.54 bits per heavy atom. The van der Waals surface area contributed by atoms with Crippen molar-refractivity contribution in [1.29, 1.82) is 0 Å². The first-order chi connectivity index (χ1) is 13.3. The van der Waals surface area contributed by atoms with Crippen molar-refractivity contribution < 1.29 is 14.8 Å². The maximum Gasteiger partial charge on any atom is 0.329 e. The standard InChI is InChI=1S/C17H19ClN6O4/c1-23-8-6-17(7-9-23,15(25)26)22-14-13(24(27)28)10-19-16(21-14)20-12-4-2-11(18)3-5-12/h2-5,10H,6-9H2,1H3,(H,25,26)(H2,19,20,21,22). The number of rotatable bonds is 6. The van der Waals surface area contributed by atoms with Crippen LogP contribution in [0.15, 0.2) is 30.5 Å². The van der Waals surface area contributed by atoms with Gasteiger partial charge in [0.2, 0.25) is 11.8 Å². The van der Waals surface area contributed by atoms with Gasteiger partial charge in [0.25, 0.3) is 0 Å².